The fourth-order valence-corrected chi connectivity index (χ4v) is 1.01. The van der Waals surface area contributed by atoms with Crippen molar-refractivity contribution in [2.24, 2.45) is 0 Å². The molecule has 0 amide bonds. The molecule has 0 saturated carbocycles. The predicted octanol–water partition coefficient (Wildman–Crippen LogP) is 1.35. The number of hydrogen-bond acceptors (Lipinski definition) is 2. The first kappa shape index (κ1) is 9.94. The van der Waals surface area contributed by atoms with Crippen LogP contribution in [0.15, 0.2) is 17.1 Å². The van der Waals surface area contributed by atoms with Gasteiger partial charge in [0.25, 0.3) is 5.56 Å². The molecule has 0 radical (unpaired) electrons. The summed E-state index contributed by atoms with van der Waals surface area (Å²) in [4.78, 5) is 13.8. The van der Waals surface area contributed by atoms with Crippen molar-refractivity contribution >= 4 is 12.6 Å². The molecule has 13 heavy (non-hydrogen) atoms. The van der Waals surface area contributed by atoms with Gasteiger partial charge in [-0.3, -0.25) is 4.79 Å². The first-order valence-corrected chi connectivity index (χ1v) is 4.66. The van der Waals surface area contributed by atoms with Crippen LogP contribution in [0.4, 0.5) is 0 Å². The minimum absolute atomic E-state index is 0.128. The van der Waals surface area contributed by atoms with Crippen molar-refractivity contribution in [3.05, 3.63) is 33.7 Å². The lowest BCUT2D eigenvalue weighted by Gasteiger charge is -1.91. The van der Waals surface area contributed by atoms with Crippen molar-refractivity contribution in [2.75, 3.05) is 5.75 Å². The fraction of sp³-hybridized carbons (Fsp3) is 0.300. The second kappa shape index (κ2) is 4.78. The quantitative estimate of drug-likeness (QED) is 0.512. The van der Waals surface area contributed by atoms with Gasteiger partial charge in [0.05, 0.1) is 5.56 Å². The van der Waals surface area contributed by atoms with Crippen molar-refractivity contribution in [1.29, 1.82) is 0 Å². The molecule has 1 rings (SSSR count). The van der Waals surface area contributed by atoms with Crippen LogP contribution in [0.2, 0.25) is 0 Å². The Morgan fingerprint density at radius 2 is 2.38 bits per heavy atom. The Morgan fingerprint density at radius 3 is 3.08 bits per heavy atom. The van der Waals surface area contributed by atoms with E-state index in [2.05, 4.69) is 29.5 Å². The van der Waals surface area contributed by atoms with E-state index in [9.17, 15) is 4.79 Å². The van der Waals surface area contributed by atoms with Crippen LogP contribution in [0.25, 0.3) is 0 Å². The fourth-order valence-electron chi connectivity index (χ4n) is 0.898. The summed E-state index contributed by atoms with van der Waals surface area (Å²) in [5.74, 6) is 6.40. The van der Waals surface area contributed by atoms with Gasteiger partial charge in [0.15, 0.2) is 0 Å². The first-order valence-electron chi connectivity index (χ1n) is 4.03. The zero-order valence-electron chi connectivity index (χ0n) is 7.42. The molecule has 3 heteroatoms. The normalized spacial score (nSPS) is 9.08. The smallest absolute Gasteiger partial charge is 0.263 e. The van der Waals surface area contributed by atoms with Gasteiger partial charge < -0.3 is 4.98 Å². The molecule has 1 N–H and O–H groups in total. The Labute approximate surface area is 82.8 Å². The van der Waals surface area contributed by atoms with Gasteiger partial charge in [-0.25, -0.2) is 0 Å². The molecule has 0 aliphatic carbocycles. The molecule has 1 heterocycles. The highest BCUT2D eigenvalue weighted by molar-refractivity contribution is 7.80. The van der Waals surface area contributed by atoms with Crippen LogP contribution in [0.5, 0.6) is 0 Å². The third-order valence-electron chi connectivity index (χ3n) is 1.51. The molecule has 0 aliphatic heterocycles. The van der Waals surface area contributed by atoms with Gasteiger partial charge in [-0.2, -0.15) is 12.6 Å². The highest BCUT2D eigenvalue weighted by Crippen LogP contribution is 1.94. The molecule has 0 atom stereocenters. The molecular formula is C10H11NOS. The molecule has 1 aromatic rings. The van der Waals surface area contributed by atoms with Crippen LogP contribution in [-0.4, -0.2) is 10.7 Å². The maximum absolute atomic E-state index is 11.2. The zero-order chi connectivity index (χ0) is 9.68. The van der Waals surface area contributed by atoms with Gasteiger partial charge in [-0.15, -0.1) is 0 Å². The van der Waals surface area contributed by atoms with Crippen LogP contribution in [0.3, 0.4) is 0 Å². The molecule has 0 saturated heterocycles. The lowest BCUT2D eigenvalue weighted by atomic mass is 10.2. The number of hydrogen-bond donors (Lipinski definition) is 2. The first-order chi connectivity index (χ1) is 6.24. The van der Waals surface area contributed by atoms with E-state index in [0.29, 0.717) is 12.0 Å². The number of aryl methyl sites for hydroxylation is 1. The monoisotopic (exact) mass is 193 g/mol. The number of aromatic amines is 1. The number of rotatable bonds is 1. The molecule has 0 aliphatic rings. The minimum atomic E-state index is -0.128. The largest absolute Gasteiger partial charge is 0.328 e. The van der Waals surface area contributed by atoms with E-state index >= 15 is 0 Å². The van der Waals surface area contributed by atoms with Crippen molar-refractivity contribution in [2.45, 2.75) is 13.3 Å². The van der Waals surface area contributed by atoms with Gasteiger partial charge in [-0.1, -0.05) is 11.8 Å². The summed E-state index contributed by atoms with van der Waals surface area (Å²) < 4.78 is 0. The Balaban J connectivity index is 2.96. The second-order valence-electron chi connectivity index (χ2n) is 2.70. The van der Waals surface area contributed by atoms with Gasteiger partial charge in [0, 0.05) is 18.4 Å². The van der Waals surface area contributed by atoms with E-state index in [4.69, 9.17) is 0 Å². The summed E-state index contributed by atoms with van der Waals surface area (Å²) in [6.45, 7) is 1.92. The highest BCUT2D eigenvalue weighted by atomic mass is 32.1. The summed E-state index contributed by atoms with van der Waals surface area (Å²) >= 11 is 4.02. The standard InChI is InChI=1S/C10H11NOS/c1-8-6-9(4-2-3-5-13)10(12)11-7-8/h6-7,13H,3,5H2,1H3,(H,11,12). The number of H-pyrrole nitrogens is 1. The van der Waals surface area contributed by atoms with E-state index in [-0.39, 0.29) is 5.56 Å². The second-order valence-corrected chi connectivity index (χ2v) is 3.14. The van der Waals surface area contributed by atoms with E-state index in [1.165, 1.54) is 0 Å². The molecule has 0 unspecified atom stereocenters. The lowest BCUT2D eigenvalue weighted by Crippen LogP contribution is -2.08. The minimum Gasteiger partial charge on any atom is -0.328 e. The van der Waals surface area contributed by atoms with E-state index in [0.717, 1.165) is 11.3 Å². The summed E-state index contributed by atoms with van der Waals surface area (Å²) in [5, 5.41) is 0. The van der Waals surface area contributed by atoms with E-state index < -0.39 is 0 Å². The van der Waals surface area contributed by atoms with Crippen molar-refractivity contribution in [3.8, 4) is 11.8 Å². The van der Waals surface area contributed by atoms with Gasteiger partial charge in [0.1, 0.15) is 0 Å². The van der Waals surface area contributed by atoms with Crippen LogP contribution < -0.4 is 5.56 Å². The van der Waals surface area contributed by atoms with Crippen molar-refractivity contribution in [1.82, 2.24) is 4.98 Å². The summed E-state index contributed by atoms with van der Waals surface area (Å²) in [6.07, 6.45) is 2.38. The Bertz CT molecular complexity index is 397. The van der Waals surface area contributed by atoms with E-state index in [1.54, 1.807) is 12.3 Å². The molecule has 0 aromatic carbocycles. The average molecular weight is 193 g/mol. The van der Waals surface area contributed by atoms with Gasteiger partial charge >= 0.3 is 0 Å². The Hall–Kier alpha value is -1.14. The summed E-state index contributed by atoms with van der Waals surface area (Å²) in [7, 11) is 0. The SMILES string of the molecule is Cc1c[nH]c(=O)c(C#CCCS)c1. The lowest BCUT2D eigenvalue weighted by molar-refractivity contribution is 1.18. The maximum Gasteiger partial charge on any atom is 0.263 e. The van der Waals surface area contributed by atoms with Crippen LogP contribution in [-0.2, 0) is 0 Å². The summed E-state index contributed by atoms with van der Waals surface area (Å²) in [5.41, 5.74) is 1.41. The van der Waals surface area contributed by atoms with Crippen LogP contribution in [0.1, 0.15) is 17.5 Å². The van der Waals surface area contributed by atoms with Crippen molar-refractivity contribution < 1.29 is 0 Å². The number of nitrogens with one attached hydrogen (secondary N) is 1. The third kappa shape index (κ3) is 3.00. The zero-order valence-corrected chi connectivity index (χ0v) is 8.32. The van der Waals surface area contributed by atoms with Crippen molar-refractivity contribution in [3.63, 3.8) is 0 Å². The maximum atomic E-state index is 11.2. The molecular weight excluding hydrogens is 182 g/mol. The number of pyridine rings is 1. The van der Waals surface area contributed by atoms with Gasteiger partial charge in [0.2, 0.25) is 0 Å². The number of aromatic nitrogens is 1. The molecule has 68 valence electrons. The van der Waals surface area contributed by atoms with Gasteiger partial charge in [-0.05, 0) is 18.6 Å². The van der Waals surface area contributed by atoms with Crippen LogP contribution >= 0.6 is 12.6 Å². The van der Waals surface area contributed by atoms with Crippen LogP contribution in [0, 0.1) is 18.8 Å². The average Bonchev–Trinajstić information content (AvgIpc) is 2.11. The third-order valence-corrected chi connectivity index (χ3v) is 1.73. The molecule has 2 nitrogen and oxygen atoms in total. The van der Waals surface area contributed by atoms with E-state index in [1.807, 2.05) is 6.92 Å². The molecule has 0 fully saturated rings. The number of thiol groups is 1. The topological polar surface area (TPSA) is 32.9 Å². The predicted molar refractivity (Wildman–Crippen MR) is 57.1 cm³/mol. The highest BCUT2D eigenvalue weighted by Gasteiger charge is 1.93. The Kier molecular flexibility index (Phi) is 3.66. The molecule has 0 bridgehead atoms. The molecule has 0 spiro atoms. The molecule has 1 aromatic heterocycles. The summed E-state index contributed by atoms with van der Waals surface area (Å²) in [6, 6.07) is 1.78. The Morgan fingerprint density at radius 1 is 1.62 bits per heavy atom.